The third kappa shape index (κ3) is 3.23. The summed E-state index contributed by atoms with van der Waals surface area (Å²) in [6.45, 7) is 1.69. The number of hydrogen-bond donors (Lipinski definition) is 0. The van der Waals surface area contributed by atoms with Gasteiger partial charge in [0.25, 0.3) is 0 Å². The Hall–Kier alpha value is -1.62. The molecule has 0 aliphatic heterocycles. The number of hydrogen-bond acceptors (Lipinski definition) is 5. The minimum atomic E-state index is 0.625. The van der Waals surface area contributed by atoms with Gasteiger partial charge in [0.1, 0.15) is 5.69 Å². The first-order valence-corrected chi connectivity index (χ1v) is 6.93. The van der Waals surface area contributed by atoms with Crippen molar-refractivity contribution in [3.05, 3.63) is 36.0 Å². The largest absolute Gasteiger partial charge is 0.472 e. The molecule has 1 fully saturated rings. The zero-order valence-corrected chi connectivity index (χ0v) is 11.0. The lowest BCUT2D eigenvalue weighted by molar-refractivity contribution is 0.135. The van der Waals surface area contributed by atoms with E-state index in [-0.39, 0.29) is 0 Å². The monoisotopic (exact) mass is 261 g/mol. The van der Waals surface area contributed by atoms with Crippen LogP contribution in [0.15, 0.2) is 33.8 Å². The molecule has 0 spiro atoms. The Kier molecular flexibility index (Phi) is 3.93. The lowest BCUT2D eigenvalue weighted by Gasteiger charge is -2.33. The van der Waals surface area contributed by atoms with E-state index >= 15 is 0 Å². The number of furan rings is 1. The molecule has 0 bridgehead atoms. The highest BCUT2D eigenvalue weighted by Gasteiger charge is 2.22. The Labute approximate surface area is 112 Å². The van der Waals surface area contributed by atoms with E-state index in [0.717, 1.165) is 18.8 Å². The zero-order chi connectivity index (χ0) is 12.9. The van der Waals surface area contributed by atoms with Crippen LogP contribution in [0, 0.1) is 0 Å². The van der Waals surface area contributed by atoms with Crippen molar-refractivity contribution < 1.29 is 9.05 Å². The molecule has 102 valence electrons. The normalized spacial score (nSPS) is 17.1. The van der Waals surface area contributed by atoms with Crippen molar-refractivity contribution in [3.63, 3.8) is 0 Å². The fourth-order valence-electron chi connectivity index (χ4n) is 2.84. The van der Waals surface area contributed by atoms with Crippen molar-refractivity contribution in [1.29, 1.82) is 0 Å². The standard InChI is InChI=1S/C14H19N3O2/c1-2-4-14(5-3-1)17(9-12-6-7-18-11-12)10-13-8-15-19-16-13/h6-8,11,14H,1-5,9-10H2. The van der Waals surface area contributed by atoms with Crippen molar-refractivity contribution in [2.45, 2.75) is 51.2 Å². The van der Waals surface area contributed by atoms with Gasteiger partial charge in [-0.25, -0.2) is 4.63 Å². The SMILES string of the molecule is c1cc(CN(Cc2cnon2)C2CCCCC2)co1. The van der Waals surface area contributed by atoms with E-state index in [1.807, 2.05) is 12.3 Å². The maximum atomic E-state index is 5.16. The van der Waals surface area contributed by atoms with Crippen molar-refractivity contribution in [3.8, 4) is 0 Å². The van der Waals surface area contributed by atoms with Gasteiger partial charge >= 0.3 is 0 Å². The smallest absolute Gasteiger partial charge is 0.119 e. The van der Waals surface area contributed by atoms with Gasteiger partial charge in [0.2, 0.25) is 0 Å². The summed E-state index contributed by atoms with van der Waals surface area (Å²) in [5.41, 5.74) is 2.11. The average Bonchev–Trinajstić information content (AvgIpc) is 3.12. The van der Waals surface area contributed by atoms with Crippen LogP contribution in [0.4, 0.5) is 0 Å². The second kappa shape index (κ2) is 6.02. The molecule has 0 unspecified atom stereocenters. The molecule has 0 N–H and O–H groups in total. The van der Waals surface area contributed by atoms with E-state index in [1.54, 1.807) is 12.5 Å². The van der Waals surface area contributed by atoms with Gasteiger partial charge in [-0.1, -0.05) is 29.6 Å². The fraction of sp³-hybridized carbons (Fsp3) is 0.571. The van der Waals surface area contributed by atoms with Gasteiger partial charge in [-0.05, 0) is 18.9 Å². The Morgan fingerprint density at radius 1 is 1.21 bits per heavy atom. The first-order valence-electron chi connectivity index (χ1n) is 6.93. The van der Waals surface area contributed by atoms with Crippen LogP contribution in [0.2, 0.25) is 0 Å². The zero-order valence-electron chi connectivity index (χ0n) is 11.0. The number of aromatic nitrogens is 2. The molecule has 1 aliphatic carbocycles. The van der Waals surface area contributed by atoms with Gasteiger partial charge < -0.3 is 4.42 Å². The molecule has 0 atom stereocenters. The fourth-order valence-corrected chi connectivity index (χ4v) is 2.84. The van der Waals surface area contributed by atoms with E-state index in [0.29, 0.717) is 6.04 Å². The van der Waals surface area contributed by atoms with Crippen LogP contribution >= 0.6 is 0 Å². The molecule has 3 rings (SSSR count). The van der Waals surface area contributed by atoms with Gasteiger partial charge in [0.15, 0.2) is 0 Å². The van der Waals surface area contributed by atoms with Gasteiger partial charge in [-0.3, -0.25) is 4.90 Å². The van der Waals surface area contributed by atoms with E-state index in [2.05, 4.69) is 15.2 Å². The number of nitrogens with zero attached hydrogens (tertiary/aromatic N) is 3. The van der Waals surface area contributed by atoms with Gasteiger partial charge in [0, 0.05) is 24.7 Å². The molecule has 1 saturated carbocycles. The minimum Gasteiger partial charge on any atom is -0.472 e. The topological polar surface area (TPSA) is 55.3 Å². The van der Waals surface area contributed by atoms with Crippen LogP contribution in [0.5, 0.6) is 0 Å². The summed E-state index contributed by atoms with van der Waals surface area (Å²) in [6.07, 6.45) is 11.8. The molecular weight excluding hydrogens is 242 g/mol. The second-order valence-corrected chi connectivity index (χ2v) is 5.23. The highest BCUT2D eigenvalue weighted by molar-refractivity contribution is 5.06. The molecule has 1 aliphatic rings. The van der Waals surface area contributed by atoms with Crippen LogP contribution < -0.4 is 0 Å². The molecule has 19 heavy (non-hydrogen) atoms. The van der Waals surface area contributed by atoms with E-state index in [1.165, 1.54) is 37.7 Å². The summed E-state index contributed by atoms with van der Waals surface area (Å²) in [4.78, 5) is 2.46. The molecule has 2 heterocycles. The maximum Gasteiger partial charge on any atom is 0.119 e. The summed E-state index contributed by atoms with van der Waals surface area (Å²) in [5.74, 6) is 0. The van der Waals surface area contributed by atoms with Gasteiger partial charge in [-0.2, -0.15) is 0 Å². The number of rotatable bonds is 5. The molecule has 2 aromatic rings. The summed E-state index contributed by atoms with van der Waals surface area (Å²) in [6, 6.07) is 2.65. The summed E-state index contributed by atoms with van der Waals surface area (Å²) < 4.78 is 9.86. The maximum absolute atomic E-state index is 5.16. The summed E-state index contributed by atoms with van der Waals surface area (Å²) >= 11 is 0. The van der Waals surface area contributed by atoms with Crippen molar-refractivity contribution >= 4 is 0 Å². The Bertz CT molecular complexity index is 425. The third-order valence-electron chi connectivity index (χ3n) is 3.83. The van der Waals surface area contributed by atoms with Crippen LogP contribution in [0.1, 0.15) is 43.4 Å². The van der Waals surface area contributed by atoms with Crippen LogP contribution in [0.3, 0.4) is 0 Å². The van der Waals surface area contributed by atoms with E-state index in [9.17, 15) is 0 Å². The molecule has 0 aromatic carbocycles. The lowest BCUT2D eigenvalue weighted by Crippen LogP contribution is -2.35. The predicted molar refractivity (Wildman–Crippen MR) is 69.1 cm³/mol. The average molecular weight is 261 g/mol. The van der Waals surface area contributed by atoms with Gasteiger partial charge in [0.05, 0.1) is 18.7 Å². The third-order valence-corrected chi connectivity index (χ3v) is 3.83. The highest BCUT2D eigenvalue weighted by atomic mass is 16.6. The van der Waals surface area contributed by atoms with Crippen LogP contribution in [-0.2, 0) is 13.1 Å². The molecular formula is C14H19N3O2. The first kappa shape index (κ1) is 12.4. The Balaban J connectivity index is 1.70. The lowest BCUT2D eigenvalue weighted by atomic mass is 9.94. The van der Waals surface area contributed by atoms with Crippen molar-refractivity contribution in [1.82, 2.24) is 15.2 Å². The van der Waals surface area contributed by atoms with Crippen molar-refractivity contribution in [2.24, 2.45) is 0 Å². The molecule has 5 heteroatoms. The van der Waals surface area contributed by atoms with Crippen molar-refractivity contribution in [2.75, 3.05) is 0 Å². The predicted octanol–water partition coefficient (Wildman–Crippen LogP) is 3.00. The second-order valence-electron chi connectivity index (χ2n) is 5.23. The molecule has 0 radical (unpaired) electrons. The quantitative estimate of drug-likeness (QED) is 0.828. The Morgan fingerprint density at radius 3 is 2.79 bits per heavy atom. The minimum absolute atomic E-state index is 0.625. The molecule has 0 amide bonds. The van der Waals surface area contributed by atoms with Gasteiger partial charge in [-0.15, -0.1) is 0 Å². The van der Waals surface area contributed by atoms with E-state index in [4.69, 9.17) is 9.05 Å². The molecule has 2 aromatic heterocycles. The van der Waals surface area contributed by atoms with Crippen LogP contribution in [-0.4, -0.2) is 21.3 Å². The molecule has 5 nitrogen and oxygen atoms in total. The first-order chi connectivity index (χ1) is 9.42. The highest BCUT2D eigenvalue weighted by Crippen LogP contribution is 2.25. The summed E-state index contributed by atoms with van der Waals surface area (Å²) in [5, 5.41) is 7.62. The van der Waals surface area contributed by atoms with E-state index < -0.39 is 0 Å². The summed E-state index contributed by atoms with van der Waals surface area (Å²) in [7, 11) is 0. The van der Waals surface area contributed by atoms with Crippen LogP contribution in [0.25, 0.3) is 0 Å². The Morgan fingerprint density at radius 2 is 2.11 bits per heavy atom. The molecule has 0 saturated heterocycles.